The van der Waals surface area contributed by atoms with Crippen LogP contribution in [0.2, 0.25) is 0 Å². The van der Waals surface area contributed by atoms with Crippen LogP contribution in [0.3, 0.4) is 0 Å². The third kappa shape index (κ3) is 3.27. The number of rotatable bonds is 3. The van der Waals surface area contributed by atoms with E-state index in [1.54, 1.807) is 0 Å². The van der Waals surface area contributed by atoms with Crippen LogP contribution < -0.4 is 0 Å². The van der Waals surface area contributed by atoms with Gasteiger partial charge in [-0.1, -0.05) is 18.2 Å². The van der Waals surface area contributed by atoms with Crippen molar-refractivity contribution in [3.8, 4) is 17.1 Å². The van der Waals surface area contributed by atoms with Crippen molar-refractivity contribution in [1.82, 2.24) is 38.6 Å². The van der Waals surface area contributed by atoms with Crippen LogP contribution in [-0.2, 0) is 0 Å². The summed E-state index contributed by atoms with van der Waals surface area (Å²) in [6.07, 6.45) is 19.0. The first-order valence-corrected chi connectivity index (χ1v) is 14.7. The fourth-order valence-corrected chi connectivity index (χ4v) is 7.06. The van der Waals surface area contributed by atoms with Gasteiger partial charge < -0.3 is 13.7 Å². The monoisotopic (exact) mass is 578 g/mol. The highest BCUT2D eigenvalue weighted by Crippen LogP contribution is 2.41. The molecule has 0 amide bonds. The predicted molar refractivity (Wildman–Crippen MR) is 178 cm³/mol. The quantitative estimate of drug-likeness (QED) is 0.213. The number of pyridine rings is 5. The highest BCUT2D eigenvalue weighted by Gasteiger charge is 2.23. The maximum Gasteiger partial charge on any atom is 0.0784 e. The molecule has 0 atom stereocenters. The Morgan fingerprint density at radius 2 is 0.778 bits per heavy atom. The van der Waals surface area contributed by atoms with Crippen molar-refractivity contribution in [3.05, 3.63) is 135 Å². The molecule has 0 aliphatic carbocycles. The topological polar surface area (TPSA) is 79.2 Å². The lowest BCUT2D eigenvalue weighted by Gasteiger charge is -2.17. The zero-order valence-corrected chi connectivity index (χ0v) is 23.8. The SMILES string of the molecule is c1ccc(-n2c3ccncc3c3cc(-n4c5ccncc5c5cnccc54)cc(-n4c5ccncc5c5cnccc54)c32)cc1. The van der Waals surface area contributed by atoms with Gasteiger partial charge in [0.2, 0.25) is 0 Å². The lowest BCUT2D eigenvalue weighted by Crippen LogP contribution is -2.03. The first-order valence-electron chi connectivity index (χ1n) is 14.7. The Morgan fingerprint density at radius 1 is 0.356 bits per heavy atom. The number of nitrogens with zero attached hydrogens (tertiary/aromatic N) is 8. The molecule has 8 aromatic heterocycles. The van der Waals surface area contributed by atoms with Crippen molar-refractivity contribution in [1.29, 1.82) is 0 Å². The van der Waals surface area contributed by atoms with E-state index in [9.17, 15) is 0 Å². The molecule has 0 N–H and O–H groups in total. The average molecular weight is 579 g/mol. The summed E-state index contributed by atoms with van der Waals surface area (Å²) in [5, 5.41) is 6.40. The molecule has 45 heavy (non-hydrogen) atoms. The molecule has 8 heterocycles. The predicted octanol–water partition coefficient (Wildman–Crippen LogP) is 7.95. The molecule has 8 heteroatoms. The molecule has 0 aliphatic rings. The number of fused-ring (bicyclic) bond motifs is 9. The summed E-state index contributed by atoms with van der Waals surface area (Å²) in [6.45, 7) is 0. The molecule has 0 bridgehead atoms. The van der Waals surface area contributed by atoms with Crippen molar-refractivity contribution in [2.45, 2.75) is 0 Å². The van der Waals surface area contributed by atoms with Crippen molar-refractivity contribution >= 4 is 65.4 Å². The minimum absolute atomic E-state index is 1.03. The zero-order chi connectivity index (χ0) is 29.5. The molecule has 0 aliphatic heterocycles. The van der Waals surface area contributed by atoms with Crippen molar-refractivity contribution in [3.63, 3.8) is 0 Å². The summed E-state index contributed by atoms with van der Waals surface area (Å²) in [4.78, 5) is 22.5. The second-order valence-corrected chi connectivity index (χ2v) is 11.2. The van der Waals surface area contributed by atoms with E-state index in [4.69, 9.17) is 0 Å². The summed E-state index contributed by atoms with van der Waals surface area (Å²) in [6, 6.07) is 25.5. The van der Waals surface area contributed by atoms with Crippen molar-refractivity contribution < 1.29 is 0 Å². The largest absolute Gasteiger partial charge is 0.309 e. The van der Waals surface area contributed by atoms with Crippen LogP contribution >= 0.6 is 0 Å². The third-order valence-electron chi connectivity index (χ3n) is 8.88. The Labute approximate surface area is 255 Å². The molecular formula is C37H22N8. The second kappa shape index (κ2) is 9.05. The van der Waals surface area contributed by atoms with E-state index in [1.165, 1.54) is 0 Å². The van der Waals surface area contributed by atoms with Gasteiger partial charge in [-0.25, -0.2) is 0 Å². The van der Waals surface area contributed by atoms with E-state index >= 15 is 0 Å². The smallest absolute Gasteiger partial charge is 0.0784 e. The molecule has 0 unspecified atom stereocenters. The molecule has 0 fully saturated rings. The standard InChI is InChI=1S/C37H22N8/c1-2-4-23(5-3-1)44-33-8-13-38-18-26(33)25-16-24(43-31-6-11-39-19-27(31)28-20-40-12-7-32(28)43)17-36(37(25)44)45-34-9-14-41-21-29(34)30-22-42-15-10-35(30)45/h1-22H. The van der Waals surface area contributed by atoms with Crippen LogP contribution in [0.5, 0.6) is 0 Å². The lowest BCUT2D eigenvalue weighted by molar-refractivity contribution is 1.11. The van der Waals surface area contributed by atoms with E-state index in [1.807, 2.05) is 62.0 Å². The molecule has 8 nitrogen and oxygen atoms in total. The minimum atomic E-state index is 1.03. The molecule has 0 spiro atoms. The van der Waals surface area contributed by atoms with Gasteiger partial charge in [0.05, 0.1) is 38.8 Å². The molecular weight excluding hydrogens is 556 g/mol. The van der Waals surface area contributed by atoms with Gasteiger partial charge in [-0.2, -0.15) is 0 Å². The van der Waals surface area contributed by atoms with Crippen LogP contribution in [0, 0.1) is 0 Å². The van der Waals surface area contributed by atoms with Crippen LogP contribution in [-0.4, -0.2) is 38.6 Å². The average Bonchev–Trinajstić information content (AvgIpc) is 3.74. The fraction of sp³-hybridized carbons (Fsp3) is 0. The molecule has 0 radical (unpaired) electrons. The van der Waals surface area contributed by atoms with E-state index in [0.29, 0.717) is 0 Å². The highest BCUT2D eigenvalue weighted by atomic mass is 15.1. The third-order valence-corrected chi connectivity index (χ3v) is 8.88. The van der Waals surface area contributed by atoms with E-state index in [-0.39, 0.29) is 0 Å². The first-order chi connectivity index (χ1) is 22.4. The molecule has 2 aromatic carbocycles. The van der Waals surface area contributed by atoms with Gasteiger partial charge in [-0.3, -0.25) is 24.9 Å². The van der Waals surface area contributed by atoms with E-state index in [0.717, 1.165) is 82.5 Å². The number of aromatic nitrogens is 8. The van der Waals surface area contributed by atoms with E-state index < -0.39 is 0 Å². The number of hydrogen-bond donors (Lipinski definition) is 0. The second-order valence-electron chi connectivity index (χ2n) is 11.2. The van der Waals surface area contributed by atoms with Gasteiger partial charge in [-0.05, 0) is 54.6 Å². The van der Waals surface area contributed by atoms with Gasteiger partial charge in [0.1, 0.15) is 0 Å². The Morgan fingerprint density at radius 3 is 1.27 bits per heavy atom. The Kier molecular flexibility index (Phi) is 4.84. The minimum Gasteiger partial charge on any atom is -0.309 e. The van der Waals surface area contributed by atoms with Crippen LogP contribution in [0.25, 0.3) is 82.5 Å². The molecule has 0 saturated carbocycles. The van der Waals surface area contributed by atoms with Gasteiger partial charge >= 0.3 is 0 Å². The Hall–Kier alpha value is -6.41. The molecule has 10 rings (SSSR count). The summed E-state index contributed by atoms with van der Waals surface area (Å²) in [5.74, 6) is 0. The highest BCUT2D eigenvalue weighted by molar-refractivity contribution is 6.16. The molecule has 0 saturated heterocycles. The Balaban J connectivity index is 1.46. The summed E-state index contributed by atoms with van der Waals surface area (Å²) < 4.78 is 7.02. The van der Waals surface area contributed by atoms with Crippen molar-refractivity contribution in [2.24, 2.45) is 0 Å². The Bertz CT molecular complexity index is 2660. The summed E-state index contributed by atoms with van der Waals surface area (Å²) in [7, 11) is 0. The number of benzene rings is 2. The maximum atomic E-state index is 4.59. The van der Waals surface area contributed by atoms with Gasteiger partial charge in [0.15, 0.2) is 0 Å². The van der Waals surface area contributed by atoms with Crippen LogP contribution in [0.15, 0.2) is 135 Å². The van der Waals surface area contributed by atoms with E-state index in [2.05, 4.69) is 111 Å². The first kappa shape index (κ1) is 24.1. The lowest BCUT2D eigenvalue weighted by atomic mass is 10.1. The van der Waals surface area contributed by atoms with Crippen molar-refractivity contribution in [2.75, 3.05) is 0 Å². The fourth-order valence-electron chi connectivity index (χ4n) is 7.06. The number of hydrogen-bond acceptors (Lipinski definition) is 5. The molecule has 10 aromatic rings. The maximum absolute atomic E-state index is 4.59. The normalized spacial score (nSPS) is 12.0. The molecule has 210 valence electrons. The van der Waals surface area contributed by atoms with Gasteiger partial charge in [-0.15, -0.1) is 0 Å². The van der Waals surface area contributed by atoms with Crippen LogP contribution in [0.4, 0.5) is 0 Å². The van der Waals surface area contributed by atoms with Gasteiger partial charge in [0.25, 0.3) is 0 Å². The number of para-hydroxylation sites is 1. The summed E-state index contributed by atoms with van der Waals surface area (Å²) in [5.41, 5.74) is 9.58. The summed E-state index contributed by atoms with van der Waals surface area (Å²) >= 11 is 0. The zero-order valence-electron chi connectivity index (χ0n) is 23.8. The van der Waals surface area contributed by atoms with Crippen LogP contribution in [0.1, 0.15) is 0 Å². The van der Waals surface area contributed by atoms with Gasteiger partial charge in [0, 0.05) is 106 Å².